The van der Waals surface area contributed by atoms with E-state index in [0.717, 1.165) is 5.69 Å². The van der Waals surface area contributed by atoms with E-state index in [9.17, 15) is 4.79 Å². The number of carbonyl (C=O) groups excluding carboxylic acids is 1. The number of carbonyl (C=O) groups is 1. The van der Waals surface area contributed by atoms with Crippen LogP contribution in [0, 0.1) is 0 Å². The SMILES string of the molecule is CCN(CCN)C(=O)c1ccc(N(C)C)cc1. The molecule has 0 saturated heterocycles. The van der Waals surface area contributed by atoms with Gasteiger partial charge in [0.25, 0.3) is 5.91 Å². The Kier molecular flexibility index (Phi) is 4.97. The van der Waals surface area contributed by atoms with Crippen molar-refractivity contribution in [2.75, 3.05) is 38.6 Å². The highest BCUT2D eigenvalue weighted by Gasteiger charge is 2.12. The van der Waals surface area contributed by atoms with Crippen LogP contribution >= 0.6 is 0 Å². The van der Waals surface area contributed by atoms with Crippen molar-refractivity contribution in [2.24, 2.45) is 5.73 Å². The first-order chi connectivity index (χ1) is 8.10. The average Bonchev–Trinajstić information content (AvgIpc) is 2.35. The zero-order chi connectivity index (χ0) is 12.8. The van der Waals surface area contributed by atoms with Crippen LogP contribution in [0.5, 0.6) is 0 Å². The fraction of sp³-hybridized carbons (Fsp3) is 0.462. The van der Waals surface area contributed by atoms with Gasteiger partial charge in [-0.1, -0.05) is 0 Å². The first kappa shape index (κ1) is 13.5. The first-order valence-corrected chi connectivity index (χ1v) is 5.86. The van der Waals surface area contributed by atoms with E-state index < -0.39 is 0 Å². The van der Waals surface area contributed by atoms with Crippen molar-refractivity contribution in [3.05, 3.63) is 29.8 Å². The topological polar surface area (TPSA) is 49.6 Å². The Bertz CT molecular complexity index is 359. The smallest absolute Gasteiger partial charge is 0.253 e. The summed E-state index contributed by atoms with van der Waals surface area (Å²) in [6.45, 7) is 3.74. The van der Waals surface area contributed by atoms with Crippen LogP contribution in [0.1, 0.15) is 17.3 Å². The van der Waals surface area contributed by atoms with Gasteiger partial charge >= 0.3 is 0 Å². The zero-order valence-corrected chi connectivity index (χ0v) is 10.8. The summed E-state index contributed by atoms with van der Waals surface area (Å²) in [5, 5.41) is 0. The van der Waals surface area contributed by atoms with Gasteiger partial charge in [-0.25, -0.2) is 0 Å². The molecule has 2 N–H and O–H groups in total. The molecule has 0 atom stereocenters. The Morgan fingerprint density at radius 3 is 2.24 bits per heavy atom. The maximum Gasteiger partial charge on any atom is 0.253 e. The number of rotatable bonds is 5. The molecule has 0 heterocycles. The molecule has 0 saturated carbocycles. The molecule has 4 nitrogen and oxygen atoms in total. The lowest BCUT2D eigenvalue weighted by atomic mass is 10.1. The molecule has 1 aromatic rings. The molecule has 1 aromatic carbocycles. The summed E-state index contributed by atoms with van der Waals surface area (Å²) < 4.78 is 0. The van der Waals surface area contributed by atoms with Gasteiger partial charge in [-0.2, -0.15) is 0 Å². The van der Waals surface area contributed by atoms with Crippen LogP contribution in [0.4, 0.5) is 5.69 Å². The standard InChI is InChI=1S/C13H21N3O/c1-4-16(10-9-14)13(17)11-5-7-12(8-6-11)15(2)3/h5-8H,4,9-10,14H2,1-3H3. The van der Waals surface area contributed by atoms with Crippen LogP contribution in [0.3, 0.4) is 0 Å². The minimum absolute atomic E-state index is 0.0447. The molecule has 0 bridgehead atoms. The third-order valence-corrected chi connectivity index (χ3v) is 2.70. The molecule has 17 heavy (non-hydrogen) atoms. The van der Waals surface area contributed by atoms with E-state index in [1.54, 1.807) is 4.90 Å². The predicted octanol–water partition coefficient (Wildman–Crippen LogP) is 1.17. The van der Waals surface area contributed by atoms with Crippen LogP contribution in [0.15, 0.2) is 24.3 Å². The maximum absolute atomic E-state index is 12.1. The number of benzene rings is 1. The van der Waals surface area contributed by atoms with Gasteiger partial charge in [-0.3, -0.25) is 4.79 Å². The van der Waals surface area contributed by atoms with E-state index in [1.807, 2.05) is 50.2 Å². The number of hydrogen-bond acceptors (Lipinski definition) is 3. The van der Waals surface area contributed by atoms with Crippen LogP contribution in [-0.4, -0.2) is 44.5 Å². The predicted molar refractivity (Wildman–Crippen MR) is 71.4 cm³/mol. The molecule has 4 heteroatoms. The summed E-state index contributed by atoms with van der Waals surface area (Å²) in [5.74, 6) is 0.0447. The Balaban J connectivity index is 2.81. The summed E-state index contributed by atoms with van der Waals surface area (Å²) in [5.41, 5.74) is 7.28. The third-order valence-electron chi connectivity index (χ3n) is 2.70. The second kappa shape index (κ2) is 6.25. The molecule has 0 aliphatic heterocycles. The van der Waals surface area contributed by atoms with Gasteiger partial charge in [0.15, 0.2) is 0 Å². The van der Waals surface area contributed by atoms with Gasteiger partial charge in [-0.05, 0) is 31.2 Å². The number of nitrogens with zero attached hydrogens (tertiary/aromatic N) is 2. The highest BCUT2D eigenvalue weighted by Crippen LogP contribution is 2.13. The molecule has 0 spiro atoms. The van der Waals surface area contributed by atoms with E-state index in [0.29, 0.717) is 25.2 Å². The minimum Gasteiger partial charge on any atom is -0.378 e. The number of hydrogen-bond donors (Lipinski definition) is 1. The molecule has 94 valence electrons. The van der Waals surface area contributed by atoms with Gasteiger partial charge in [0.05, 0.1) is 0 Å². The van der Waals surface area contributed by atoms with Crippen molar-refractivity contribution in [2.45, 2.75) is 6.92 Å². The van der Waals surface area contributed by atoms with E-state index in [1.165, 1.54) is 0 Å². The molecule has 1 amide bonds. The van der Waals surface area contributed by atoms with E-state index >= 15 is 0 Å². The van der Waals surface area contributed by atoms with Gasteiger partial charge in [0.1, 0.15) is 0 Å². The summed E-state index contributed by atoms with van der Waals surface area (Å²) in [6.07, 6.45) is 0. The van der Waals surface area contributed by atoms with E-state index in [-0.39, 0.29) is 5.91 Å². The first-order valence-electron chi connectivity index (χ1n) is 5.86. The van der Waals surface area contributed by atoms with Crippen molar-refractivity contribution in [3.63, 3.8) is 0 Å². The average molecular weight is 235 g/mol. The second-order valence-electron chi connectivity index (χ2n) is 4.11. The fourth-order valence-electron chi connectivity index (χ4n) is 1.64. The van der Waals surface area contributed by atoms with Crippen LogP contribution in [-0.2, 0) is 0 Å². The molecule has 0 radical (unpaired) electrons. The fourth-order valence-corrected chi connectivity index (χ4v) is 1.64. The molecule has 1 rings (SSSR count). The van der Waals surface area contributed by atoms with Gasteiger partial charge in [0.2, 0.25) is 0 Å². The van der Waals surface area contributed by atoms with Gasteiger partial charge in [0, 0.05) is 45.0 Å². The Morgan fingerprint density at radius 2 is 1.82 bits per heavy atom. The van der Waals surface area contributed by atoms with Crippen LogP contribution < -0.4 is 10.6 Å². The molecule has 0 fully saturated rings. The lowest BCUT2D eigenvalue weighted by Crippen LogP contribution is -2.35. The number of likely N-dealkylation sites (N-methyl/N-ethyl adjacent to an activating group) is 1. The maximum atomic E-state index is 12.1. The monoisotopic (exact) mass is 235 g/mol. The summed E-state index contributed by atoms with van der Waals surface area (Å²) in [4.78, 5) is 15.9. The van der Waals surface area contributed by atoms with E-state index in [4.69, 9.17) is 5.73 Å². The molecule has 0 aliphatic carbocycles. The molecule has 0 aromatic heterocycles. The van der Waals surface area contributed by atoms with Gasteiger partial charge < -0.3 is 15.5 Å². The summed E-state index contributed by atoms with van der Waals surface area (Å²) >= 11 is 0. The van der Waals surface area contributed by atoms with E-state index in [2.05, 4.69) is 0 Å². The van der Waals surface area contributed by atoms with Crippen molar-refractivity contribution in [1.29, 1.82) is 0 Å². The lowest BCUT2D eigenvalue weighted by molar-refractivity contribution is 0.0769. The summed E-state index contributed by atoms with van der Waals surface area (Å²) in [6, 6.07) is 7.61. The van der Waals surface area contributed by atoms with Crippen molar-refractivity contribution in [1.82, 2.24) is 4.90 Å². The lowest BCUT2D eigenvalue weighted by Gasteiger charge is -2.20. The number of amides is 1. The van der Waals surface area contributed by atoms with Crippen LogP contribution in [0.2, 0.25) is 0 Å². The molecular weight excluding hydrogens is 214 g/mol. The highest BCUT2D eigenvalue weighted by molar-refractivity contribution is 5.94. The minimum atomic E-state index is 0.0447. The Hall–Kier alpha value is -1.55. The van der Waals surface area contributed by atoms with Crippen molar-refractivity contribution in [3.8, 4) is 0 Å². The Labute approximate surface area is 103 Å². The van der Waals surface area contributed by atoms with Gasteiger partial charge in [-0.15, -0.1) is 0 Å². The van der Waals surface area contributed by atoms with Crippen molar-refractivity contribution < 1.29 is 4.79 Å². The molecular formula is C13H21N3O. The zero-order valence-electron chi connectivity index (χ0n) is 10.8. The van der Waals surface area contributed by atoms with Crippen molar-refractivity contribution >= 4 is 11.6 Å². The second-order valence-corrected chi connectivity index (χ2v) is 4.11. The molecule has 0 unspecified atom stereocenters. The normalized spacial score (nSPS) is 10.1. The molecule has 0 aliphatic rings. The van der Waals surface area contributed by atoms with Crippen LogP contribution in [0.25, 0.3) is 0 Å². The summed E-state index contributed by atoms with van der Waals surface area (Å²) in [7, 11) is 3.95. The third kappa shape index (κ3) is 3.46. The Morgan fingerprint density at radius 1 is 1.24 bits per heavy atom. The highest BCUT2D eigenvalue weighted by atomic mass is 16.2. The quantitative estimate of drug-likeness (QED) is 0.833. The number of nitrogens with two attached hydrogens (primary N) is 1. The number of anilines is 1. The largest absolute Gasteiger partial charge is 0.378 e.